The third-order valence-corrected chi connectivity index (χ3v) is 9.52. The zero-order chi connectivity index (χ0) is 31.7. The highest BCUT2D eigenvalue weighted by atomic mass is 19.4. The van der Waals surface area contributed by atoms with Crippen LogP contribution in [0.15, 0.2) is 12.2 Å². The van der Waals surface area contributed by atoms with Crippen LogP contribution in [0.25, 0.3) is 0 Å². The maximum absolute atomic E-state index is 13.9. The summed E-state index contributed by atoms with van der Waals surface area (Å²) in [5.74, 6) is -11.5. The third-order valence-electron chi connectivity index (χ3n) is 9.52. The van der Waals surface area contributed by atoms with Gasteiger partial charge in [0, 0.05) is 12.5 Å². The van der Waals surface area contributed by atoms with Crippen LogP contribution in [0.4, 0.5) is 22.0 Å². The highest BCUT2D eigenvalue weighted by Gasteiger charge is 2.65. The van der Waals surface area contributed by atoms with Crippen LogP contribution in [0.3, 0.4) is 0 Å². The van der Waals surface area contributed by atoms with Gasteiger partial charge in [-0.2, -0.15) is 27.2 Å². The van der Waals surface area contributed by atoms with E-state index in [0.29, 0.717) is 19.6 Å². The van der Waals surface area contributed by atoms with Crippen molar-refractivity contribution in [2.75, 3.05) is 19.8 Å². The number of nitrogens with one attached hydrogen (secondary N) is 3. The number of amides is 4. The smallest absolute Gasteiger partial charge is 0.376 e. The number of halogens is 5. The molecule has 8 atom stereocenters. The Labute approximate surface area is 244 Å². The predicted molar refractivity (Wildman–Crippen MR) is 138 cm³/mol. The molecule has 3 N–H and O–H groups in total. The summed E-state index contributed by atoms with van der Waals surface area (Å²) in [4.78, 5) is 53.6. The lowest BCUT2D eigenvalue weighted by molar-refractivity contribution is -0.270. The predicted octanol–water partition coefficient (Wildman–Crippen LogP) is 1.67. The molecule has 0 aromatic rings. The molecule has 2 aliphatic carbocycles. The van der Waals surface area contributed by atoms with Crippen molar-refractivity contribution in [2.45, 2.75) is 75.8 Å². The SMILES string of the molecule is CC(C)(C)[C@H](NC(=O)C(F)(F)C(F)(F)F)C(=O)N1C[C@H]2[C@@H]([C@H]1C(=O)N[C@H](C#N)CC1CC3(COC3)NC1=O)[C@H]1C=C[C@@H]2C1. The van der Waals surface area contributed by atoms with E-state index >= 15 is 0 Å². The molecule has 0 aromatic heterocycles. The number of ether oxygens (including phenoxy) is 1. The molecule has 0 aromatic carbocycles. The molecule has 0 radical (unpaired) electrons. The summed E-state index contributed by atoms with van der Waals surface area (Å²) in [5, 5.41) is 17.0. The van der Waals surface area contributed by atoms with Crippen LogP contribution < -0.4 is 16.0 Å². The molecule has 4 fully saturated rings. The standard InChI is InChI=1S/C28H34F5N5O5/c1-25(2,3)20(36-24(42)27(29,30)28(31,32)33)23(41)38-10-17-13-4-5-14(6-13)18(17)19(38)22(40)35-16(9-34)7-15-8-26(11-43-12-26)37-21(15)39/h4-5,13-20H,6-8,10-12H2,1-3H3,(H,35,40)(H,36,42)(H,37,39)/t13-,14+,15?,16+,17-,18+,19+,20-/m1/s1. The molecule has 3 aliphatic heterocycles. The fourth-order valence-corrected chi connectivity index (χ4v) is 7.34. The maximum atomic E-state index is 13.9. The highest BCUT2D eigenvalue weighted by Crippen LogP contribution is 2.54. The van der Waals surface area contributed by atoms with Gasteiger partial charge in [0.1, 0.15) is 18.1 Å². The molecule has 4 amide bonds. The molecule has 3 heterocycles. The van der Waals surface area contributed by atoms with E-state index in [-0.39, 0.29) is 42.5 Å². The van der Waals surface area contributed by atoms with Gasteiger partial charge < -0.3 is 25.6 Å². The van der Waals surface area contributed by atoms with Crippen molar-refractivity contribution in [1.29, 1.82) is 5.26 Å². The van der Waals surface area contributed by atoms with Gasteiger partial charge in [-0.05, 0) is 48.3 Å². The quantitative estimate of drug-likeness (QED) is 0.294. The van der Waals surface area contributed by atoms with Crippen molar-refractivity contribution in [2.24, 2.45) is 35.0 Å². The van der Waals surface area contributed by atoms with Crippen LogP contribution in [-0.4, -0.2) is 84.1 Å². The van der Waals surface area contributed by atoms with E-state index in [1.165, 1.54) is 20.8 Å². The minimum atomic E-state index is -6.17. The summed E-state index contributed by atoms with van der Waals surface area (Å²) in [6, 6.07) is -2.07. The van der Waals surface area contributed by atoms with Gasteiger partial charge >= 0.3 is 18.0 Å². The van der Waals surface area contributed by atoms with E-state index in [2.05, 4.69) is 10.6 Å². The van der Waals surface area contributed by atoms with Gasteiger partial charge in [-0.3, -0.25) is 19.2 Å². The van der Waals surface area contributed by atoms with Gasteiger partial charge in [-0.15, -0.1) is 0 Å². The van der Waals surface area contributed by atoms with Crippen LogP contribution >= 0.6 is 0 Å². The fourth-order valence-electron chi connectivity index (χ4n) is 7.34. The first-order valence-corrected chi connectivity index (χ1v) is 14.2. The Morgan fingerprint density at radius 2 is 1.79 bits per heavy atom. The molecule has 1 saturated carbocycles. The Balaban J connectivity index is 1.37. The van der Waals surface area contributed by atoms with Crippen molar-refractivity contribution in [3.63, 3.8) is 0 Å². The first-order valence-electron chi connectivity index (χ1n) is 14.2. The number of hydrogen-bond acceptors (Lipinski definition) is 6. The molecule has 43 heavy (non-hydrogen) atoms. The molecule has 15 heteroatoms. The van der Waals surface area contributed by atoms with Crippen molar-refractivity contribution >= 4 is 23.6 Å². The van der Waals surface area contributed by atoms with Gasteiger partial charge in [0.05, 0.1) is 24.8 Å². The van der Waals surface area contributed by atoms with E-state index in [0.717, 1.165) is 11.3 Å². The zero-order valence-electron chi connectivity index (χ0n) is 23.8. The monoisotopic (exact) mass is 615 g/mol. The molecular weight excluding hydrogens is 581 g/mol. The average Bonchev–Trinajstić information content (AvgIpc) is 3.65. The first kappa shape index (κ1) is 31.2. The zero-order valence-corrected chi connectivity index (χ0v) is 23.8. The van der Waals surface area contributed by atoms with Crippen LogP contribution in [0.2, 0.25) is 0 Å². The summed E-state index contributed by atoms with van der Waals surface area (Å²) >= 11 is 0. The average molecular weight is 616 g/mol. The number of alkyl halides is 5. The lowest BCUT2D eigenvalue weighted by Crippen LogP contribution is -2.62. The molecule has 3 saturated heterocycles. The van der Waals surface area contributed by atoms with Gasteiger partial charge in [-0.25, -0.2) is 0 Å². The van der Waals surface area contributed by atoms with Crippen LogP contribution in [-0.2, 0) is 23.9 Å². The van der Waals surface area contributed by atoms with Crippen molar-refractivity contribution < 1.29 is 45.9 Å². The molecule has 1 unspecified atom stereocenters. The second kappa shape index (κ2) is 10.4. The Morgan fingerprint density at radius 3 is 2.33 bits per heavy atom. The normalized spacial score (nSPS) is 32.1. The third kappa shape index (κ3) is 5.36. The number of nitriles is 1. The van der Waals surface area contributed by atoms with Gasteiger partial charge in [0.15, 0.2) is 0 Å². The van der Waals surface area contributed by atoms with Crippen molar-refractivity contribution in [3.8, 4) is 6.07 Å². The summed E-state index contributed by atoms with van der Waals surface area (Å²) in [7, 11) is 0. The van der Waals surface area contributed by atoms with E-state index < -0.39 is 64.8 Å². The number of allylic oxidation sites excluding steroid dienone is 2. The number of carbonyl (C=O) groups is 4. The number of nitrogens with zero attached hydrogens (tertiary/aromatic N) is 2. The van der Waals surface area contributed by atoms with E-state index in [1.807, 2.05) is 18.2 Å². The number of carbonyl (C=O) groups excluding carboxylic acids is 4. The van der Waals surface area contributed by atoms with Crippen LogP contribution in [0.5, 0.6) is 0 Å². The molecule has 1 spiro atoms. The summed E-state index contributed by atoms with van der Waals surface area (Å²) in [6.07, 6.45) is -1.05. The fraction of sp³-hybridized carbons (Fsp3) is 0.750. The number of hydrogen-bond donors (Lipinski definition) is 3. The van der Waals surface area contributed by atoms with E-state index in [4.69, 9.17) is 4.74 Å². The van der Waals surface area contributed by atoms with Crippen LogP contribution in [0.1, 0.15) is 40.0 Å². The maximum Gasteiger partial charge on any atom is 0.463 e. The number of fused-ring (bicyclic) bond motifs is 5. The highest BCUT2D eigenvalue weighted by molar-refractivity contribution is 5.95. The van der Waals surface area contributed by atoms with Gasteiger partial charge in [0.25, 0.3) is 0 Å². The lowest BCUT2D eigenvalue weighted by Gasteiger charge is -2.38. The Morgan fingerprint density at radius 1 is 1.14 bits per heavy atom. The Kier molecular flexibility index (Phi) is 7.55. The van der Waals surface area contributed by atoms with Crippen molar-refractivity contribution in [3.05, 3.63) is 12.2 Å². The number of rotatable bonds is 7. The van der Waals surface area contributed by atoms with Gasteiger partial charge in [0.2, 0.25) is 17.7 Å². The minimum Gasteiger partial charge on any atom is -0.376 e. The van der Waals surface area contributed by atoms with Gasteiger partial charge in [-0.1, -0.05) is 32.9 Å². The molecule has 10 nitrogen and oxygen atoms in total. The first-order chi connectivity index (χ1) is 19.9. The summed E-state index contributed by atoms with van der Waals surface area (Å²) < 4.78 is 71.7. The second-order valence-corrected chi connectivity index (χ2v) is 13.6. The largest absolute Gasteiger partial charge is 0.463 e. The minimum absolute atomic E-state index is 0.0176. The second-order valence-electron chi connectivity index (χ2n) is 13.6. The molecular formula is C28H34F5N5O5. The molecule has 5 rings (SSSR count). The Bertz CT molecular complexity index is 1270. The molecule has 2 bridgehead atoms. The molecule has 5 aliphatic rings. The Hall–Kier alpha value is -3.28. The topological polar surface area (TPSA) is 141 Å². The van der Waals surface area contributed by atoms with Crippen LogP contribution in [0, 0.1) is 46.3 Å². The van der Waals surface area contributed by atoms with E-state index in [1.54, 1.807) is 5.32 Å². The van der Waals surface area contributed by atoms with Crippen molar-refractivity contribution in [1.82, 2.24) is 20.9 Å². The molecule has 236 valence electrons. The van der Waals surface area contributed by atoms with E-state index in [9.17, 15) is 46.4 Å². The summed E-state index contributed by atoms with van der Waals surface area (Å²) in [6.45, 7) is 4.94. The summed E-state index contributed by atoms with van der Waals surface area (Å²) in [5.41, 5.74) is -1.78. The lowest BCUT2D eigenvalue weighted by atomic mass is 9.81. The number of likely N-dealkylation sites (tertiary alicyclic amines) is 1.